The molecule has 4 aromatic rings. The molecule has 156 valence electrons. The van der Waals surface area contributed by atoms with Crippen molar-refractivity contribution in [1.29, 1.82) is 0 Å². The number of para-hydroxylation sites is 1. The third kappa shape index (κ3) is 3.71. The highest BCUT2D eigenvalue weighted by Gasteiger charge is 2.23. The third-order valence-electron chi connectivity index (χ3n) is 4.53. The first-order chi connectivity index (χ1) is 14.0. The van der Waals surface area contributed by atoms with E-state index in [4.69, 9.17) is 4.74 Å². The number of aliphatic hydroxyl groups is 1. The lowest BCUT2D eigenvalue weighted by molar-refractivity contribution is 0.0800. The summed E-state index contributed by atoms with van der Waals surface area (Å²) in [6.07, 6.45) is 2.59. The van der Waals surface area contributed by atoms with Gasteiger partial charge in [-0.2, -0.15) is 5.10 Å². The van der Waals surface area contributed by atoms with Crippen molar-refractivity contribution in [3.8, 4) is 17.1 Å². The molecule has 4 N–H and O–H groups in total. The summed E-state index contributed by atoms with van der Waals surface area (Å²) in [5.74, 6) is 0.280. The Bertz CT molecular complexity index is 1240. The van der Waals surface area contributed by atoms with E-state index in [2.05, 4.69) is 30.5 Å². The molecule has 0 aliphatic rings. The van der Waals surface area contributed by atoms with Crippen molar-refractivity contribution in [2.24, 2.45) is 0 Å². The fraction of sp³-hybridized carbons (Fsp3) is 0.333. The van der Waals surface area contributed by atoms with Crippen LogP contribution in [0.25, 0.3) is 33.5 Å². The van der Waals surface area contributed by atoms with Crippen LogP contribution in [0.4, 0.5) is 4.79 Å². The van der Waals surface area contributed by atoms with Gasteiger partial charge in [-0.3, -0.25) is 5.10 Å². The lowest BCUT2D eigenvalue weighted by atomic mass is 9.95. The van der Waals surface area contributed by atoms with Crippen molar-refractivity contribution < 1.29 is 14.6 Å². The van der Waals surface area contributed by atoms with Crippen molar-refractivity contribution in [3.05, 3.63) is 36.2 Å². The van der Waals surface area contributed by atoms with E-state index in [1.807, 2.05) is 39.0 Å². The molecule has 3 aromatic heterocycles. The Morgan fingerprint density at radius 1 is 1.17 bits per heavy atom. The zero-order valence-corrected chi connectivity index (χ0v) is 17.5. The molecule has 0 fully saturated rings. The molecular formula is C21H24N6O3. The third-order valence-corrected chi connectivity index (χ3v) is 4.53. The normalized spacial score (nSPS) is 12.5. The summed E-state index contributed by atoms with van der Waals surface area (Å²) in [6, 6.07) is 5.61. The Labute approximate surface area is 172 Å². The summed E-state index contributed by atoms with van der Waals surface area (Å²) < 4.78 is 5.42. The second-order valence-electron chi connectivity index (χ2n) is 8.73. The fourth-order valence-corrected chi connectivity index (χ4v) is 3.23. The van der Waals surface area contributed by atoms with Crippen LogP contribution in [0.2, 0.25) is 0 Å². The number of aromatic amines is 2. The Balaban J connectivity index is 1.75. The number of nitrogens with zero attached hydrogens (tertiary/aromatic N) is 3. The molecule has 3 heterocycles. The maximum Gasteiger partial charge on any atom is 0.413 e. The van der Waals surface area contributed by atoms with Crippen LogP contribution in [0.5, 0.6) is 5.75 Å². The van der Waals surface area contributed by atoms with Gasteiger partial charge in [0.15, 0.2) is 16.9 Å². The van der Waals surface area contributed by atoms with E-state index >= 15 is 0 Å². The van der Waals surface area contributed by atoms with E-state index in [-0.39, 0.29) is 5.75 Å². The highest BCUT2D eigenvalue weighted by molar-refractivity contribution is 5.95. The first-order valence-corrected chi connectivity index (χ1v) is 9.57. The summed E-state index contributed by atoms with van der Waals surface area (Å²) in [7, 11) is 0. The zero-order chi connectivity index (χ0) is 21.7. The van der Waals surface area contributed by atoms with Crippen LogP contribution in [0.1, 0.15) is 40.2 Å². The zero-order valence-electron chi connectivity index (χ0n) is 17.5. The van der Waals surface area contributed by atoms with E-state index < -0.39 is 17.2 Å². The molecular weight excluding hydrogens is 384 g/mol. The van der Waals surface area contributed by atoms with Gasteiger partial charge in [-0.05, 0) is 34.6 Å². The minimum absolute atomic E-state index is 0.280. The molecule has 0 aliphatic heterocycles. The topological polar surface area (TPSA) is 129 Å². The smallest absolute Gasteiger partial charge is 0.406 e. The van der Waals surface area contributed by atoms with Gasteiger partial charge in [0.2, 0.25) is 0 Å². The van der Waals surface area contributed by atoms with Gasteiger partial charge in [0.1, 0.15) is 5.69 Å². The molecule has 0 spiro atoms. The molecule has 0 unspecified atom stereocenters. The fourth-order valence-electron chi connectivity index (χ4n) is 3.23. The van der Waals surface area contributed by atoms with Gasteiger partial charge in [-0.1, -0.05) is 18.2 Å². The standard InChI is InChI=1S/C21H24N6O3/c1-20(2,3)25-19(28)30-14-10-23-18-17(14)24-13(9-22-18)16-11-7-6-8-12(21(4,5)29)15(11)26-27-16/h6-10,29H,1-5H3,(H,22,23)(H,25,28)(H,26,27). The maximum absolute atomic E-state index is 12.2. The number of ether oxygens (including phenoxy) is 1. The van der Waals surface area contributed by atoms with Gasteiger partial charge < -0.3 is 20.1 Å². The second-order valence-corrected chi connectivity index (χ2v) is 8.73. The SMILES string of the molecule is CC(C)(C)NC(=O)Oc1c[nH]c2ncc(-c3[nH]nc4c(C(C)(C)O)cccc34)nc12. The molecule has 1 amide bonds. The van der Waals surface area contributed by atoms with Crippen molar-refractivity contribution >= 4 is 28.2 Å². The lowest BCUT2D eigenvalue weighted by Crippen LogP contribution is -2.42. The van der Waals surface area contributed by atoms with Crippen LogP contribution in [0.3, 0.4) is 0 Å². The van der Waals surface area contributed by atoms with Crippen molar-refractivity contribution in [2.75, 3.05) is 0 Å². The summed E-state index contributed by atoms with van der Waals surface area (Å²) in [6.45, 7) is 9.04. The molecule has 0 saturated carbocycles. The Hall–Kier alpha value is -3.46. The summed E-state index contributed by atoms with van der Waals surface area (Å²) in [4.78, 5) is 24.1. The van der Waals surface area contributed by atoms with Gasteiger partial charge >= 0.3 is 6.09 Å². The highest BCUT2D eigenvalue weighted by Crippen LogP contribution is 2.33. The van der Waals surface area contributed by atoms with Gasteiger partial charge in [0.05, 0.1) is 23.0 Å². The molecule has 9 nitrogen and oxygen atoms in total. The van der Waals surface area contributed by atoms with Gasteiger partial charge in [-0.15, -0.1) is 0 Å². The van der Waals surface area contributed by atoms with E-state index in [1.165, 1.54) is 0 Å². The Morgan fingerprint density at radius 2 is 1.93 bits per heavy atom. The van der Waals surface area contributed by atoms with Crippen LogP contribution in [-0.4, -0.2) is 41.9 Å². The second kappa shape index (κ2) is 6.81. The minimum Gasteiger partial charge on any atom is -0.406 e. The van der Waals surface area contributed by atoms with E-state index in [1.54, 1.807) is 26.2 Å². The molecule has 1 aromatic carbocycles. The number of hydrogen-bond donors (Lipinski definition) is 4. The van der Waals surface area contributed by atoms with Crippen LogP contribution in [0, 0.1) is 0 Å². The van der Waals surface area contributed by atoms with Crippen molar-refractivity contribution in [3.63, 3.8) is 0 Å². The quantitative estimate of drug-likeness (QED) is 0.410. The molecule has 0 atom stereocenters. The predicted molar refractivity (Wildman–Crippen MR) is 113 cm³/mol. The van der Waals surface area contributed by atoms with E-state index in [0.717, 1.165) is 5.39 Å². The van der Waals surface area contributed by atoms with Crippen LogP contribution < -0.4 is 10.1 Å². The average molecular weight is 408 g/mol. The number of carbonyl (C=O) groups excluding carboxylic acids is 1. The number of benzene rings is 1. The number of hydrogen-bond acceptors (Lipinski definition) is 6. The van der Waals surface area contributed by atoms with Crippen molar-refractivity contribution in [1.82, 2.24) is 30.5 Å². The summed E-state index contributed by atoms with van der Waals surface area (Å²) in [5, 5.41) is 21.4. The Kier molecular flexibility index (Phi) is 4.50. The molecule has 0 saturated heterocycles. The number of amides is 1. The average Bonchev–Trinajstić information content (AvgIpc) is 3.23. The first-order valence-electron chi connectivity index (χ1n) is 9.57. The molecule has 9 heteroatoms. The number of H-pyrrole nitrogens is 2. The van der Waals surface area contributed by atoms with Gasteiger partial charge in [-0.25, -0.2) is 14.8 Å². The Morgan fingerprint density at radius 3 is 2.63 bits per heavy atom. The highest BCUT2D eigenvalue weighted by atomic mass is 16.6. The number of rotatable bonds is 3. The number of nitrogens with one attached hydrogen (secondary N) is 3. The molecule has 30 heavy (non-hydrogen) atoms. The first kappa shape index (κ1) is 19.8. The van der Waals surface area contributed by atoms with Gasteiger partial charge in [0.25, 0.3) is 0 Å². The largest absolute Gasteiger partial charge is 0.413 e. The monoisotopic (exact) mass is 408 g/mol. The van der Waals surface area contributed by atoms with Crippen LogP contribution >= 0.6 is 0 Å². The number of carbonyl (C=O) groups is 1. The van der Waals surface area contributed by atoms with Crippen molar-refractivity contribution in [2.45, 2.75) is 45.8 Å². The molecule has 0 aliphatic carbocycles. The molecule has 0 bridgehead atoms. The van der Waals surface area contributed by atoms with E-state index in [0.29, 0.717) is 33.6 Å². The van der Waals surface area contributed by atoms with E-state index in [9.17, 15) is 9.90 Å². The number of fused-ring (bicyclic) bond motifs is 2. The molecule has 0 radical (unpaired) electrons. The lowest BCUT2D eigenvalue weighted by Gasteiger charge is -2.19. The predicted octanol–water partition coefficient (Wildman–Crippen LogP) is 3.62. The summed E-state index contributed by atoms with van der Waals surface area (Å²) >= 11 is 0. The number of aromatic nitrogens is 5. The molecule has 4 rings (SSSR count). The minimum atomic E-state index is -1.04. The van der Waals surface area contributed by atoms with Gasteiger partial charge in [0, 0.05) is 22.7 Å². The van der Waals surface area contributed by atoms with Crippen LogP contribution in [-0.2, 0) is 5.60 Å². The summed E-state index contributed by atoms with van der Waals surface area (Å²) in [5.41, 5.74) is 2.04. The maximum atomic E-state index is 12.2. The van der Waals surface area contributed by atoms with Crippen LogP contribution in [0.15, 0.2) is 30.6 Å².